The summed E-state index contributed by atoms with van der Waals surface area (Å²) in [6, 6.07) is 15.7. The monoisotopic (exact) mass is 408 g/mol. The van der Waals surface area contributed by atoms with E-state index < -0.39 is 0 Å². The first-order valence-corrected chi connectivity index (χ1v) is 11.4. The second-order valence-electron chi connectivity index (χ2n) is 8.94. The van der Waals surface area contributed by atoms with Crippen LogP contribution in [0.4, 0.5) is 4.39 Å². The van der Waals surface area contributed by atoms with Crippen molar-refractivity contribution in [2.75, 3.05) is 26.2 Å². The van der Waals surface area contributed by atoms with Crippen molar-refractivity contribution in [2.45, 2.75) is 57.4 Å². The molecular weight excluding hydrogens is 375 g/mol. The number of hydrogen-bond donors (Lipinski definition) is 0. The van der Waals surface area contributed by atoms with Crippen LogP contribution in [0.3, 0.4) is 0 Å². The number of benzene rings is 2. The maximum atomic E-state index is 13.2. The minimum Gasteiger partial charge on any atom is -0.343 e. The van der Waals surface area contributed by atoms with Crippen molar-refractivity contribution in [1.82, 2.24) is 9.80 Å². The minimum absolute atomic E-state index is 0.177. The van der Waals surface area contributed by atoms with Crippen molar-refractivity contribution in [3.05, 3.63) is 71.0 Å². The number of likely N-dealkylation sites (tertiary alicyclic amines) is 1. The number of nitrogens with zero attached hydrogens (tertiary/aromatic N) is 2. The topological polar surface area (TPSA) is 23.6 Å². The highest BCUT2D eigenvalue weighted by Gasteiger charge is 2.45. The first-order chi connectivity index (χ1) is 14.5. The van der Waals surface area contributed by atoms with Crippen molar-refractivity contribution in [2.24, 2.45) is 0 Å². The molecule has 4 heteroatoms. The van der Waals surface area contributed by atoms with Gasteiger partial charge in [0.25, 0.3) is 0 Å². The number of halogens is 1. The molecule has 0 saturated carbocycles. The molecule has 1 atom stereocenters. The van der Waals surface area contributed by atoms with Gasteiger partial charge in [-0.25, -0.2) is 4.39 Å². The van der Waals surface area contributed by atoms with Crippen LogP contribution < -0.4 is 0 Å². The van der Waals surface area contributed by atoms with E-state index in [2.05, 4.69) is 43.0 Å². The molecule has 2 aliphatic rings. The Morgan fingerprint density at radius 2 is 1.73 bits per heavy atom. The number of rotatable bonds is 6. The Bertz CT molecular complexity index is 867. The van der Waals surface area contributed by atoms with Crippen LogP contribution in [0.1, 0.15) is 62.1 Å². The molecule has 1 aliphatic heterocycles. The molecule has 1 amide bonds. The van der Waals surface area contributed by atoms with E-state index in [0.29, 0.717) is 12.3 Å². The molecule has 1 heterocycles. The Morgan fingerprint density at radius 3 is 2.40 bits per heavy atom. The van der Waals surface area contributed by atoms with Crippen LogP contribution in [-0.2, 0) is 16.8 Å². The standard InChI is InChI=1S/C26H33FN2O/c1-3-29(4-2)25(30)17-21-18-26(24-8-6-5-7-23(21)24)13-15-28(16-14-26)19-20-9-11-22(27)12-10-20/h5-12,21H,3-4,13-19H2,1-2H3/t21-/m1/s1. The third-order valence-corrected chi connectivity index (χ3v) is 7.28. The summed E-state index contributed by atoms with van der Waals surface area (Å²) < 4.78 is 13.2. The average molecular weight is 409 g/mol. The molecule has 1 saturated heterocycles. The zero-order chi connectivity index (χ0) is 21.1. The number of hydrogen-bond acceptors (Lipinski definition) is 2. The normalized spacial score (nSPS) is 20.3. The van der Waals surface area contributed by atoms with Crippen LogP contribution in [0.5, 0.6) is 0 Å². The first kappa shape index (κ1) is 21.0. The molecule has 1 spiro atoms. The Balaban J connectivity index is 1.45. The highest BCUT2D eigenvalue weighted by Crippen LogP contribution is 2.52. The summed E-state index contributed by atoms with van der Waals surface area (Å²) in [4.78, 5) is 17.3. The van der Waals surface area contributed by atoms with Gasteiger partial charge in [-0.15, -0.1) is 0 Å². The third-order valence-electron chi connectivity index (χ3n) is 7.28. The first-order valence-electron chi connectivity index (χ1n) is 11.4. The summed E-state index contributed by atoms with van der Waals surface area (Å²) in [5, 5.41) is 0. The molecule has 0 bridgehead atoms. The van der Waals surface area contributed by atoms with Gasteiger partial charge in [0.15, 0.2) is 0 Å². The Kier molecular flexibility index (Phi) is 6.24. The second kappa shape index (κ2) is 8.89. The molecule has 30 heavy (non-hydrogen) atoms. The molecule has 4 rings (SSSR count). The van der Waals surface area contributed by atoms with Crippen LogP contribution in [0.2, 0.25) is 0 Å². The molecule has 0 unspecified atom stereocenters. The predicted molar refractivity (Wildman–Crippen MR) is 119 cm³/mol. The SMILES string of the molecule is CCN(CC)C(=O)C[C@@H]1CC2(CCN(Cc3ccc(F)cc3)CC2)c2ccccc21. The summed E-state index contributed by atoms with van der Waals surface area (Å²) in [5.74, 6) is 0.438. The summed E-state index contributed by atoms with van der Waals surface area (Å²) in [7, 11) is 0. The van der Waals surface area contributed by atoms with E-state index in [0.717, 1.165) is 52.0 Å². The van der Waals surface area contributed by atoms with E-state index in [-0.39, 0.29) is 17.1 Å². The van der Waals surface area contributed by atoms with Crippen LogP contribution in [0.25, 0.3) is 0 Å². The fourth-order valence-electron chi connectivity index (χ4n) is 5.59. The number of carbonyl (C=O) groups is 1. The molecule has 0 N–H and O–H groups in total. The van der Waals surface area contributed by atoms with Gasteiger partial charge in [0, 0.05) is 26.1 Å². The number of fused-ring (bicyclic) bond motifs is 2. The van der Waals surface area contributed by atoms with Crippen molar-refractivity contribution in [3.63, 3.8) is 0 Å². The zero-order valence-corrected chi connectivity index (χ0v) is 18.2. The zero-order valence-electron chi connectivity index (χ0n) is 18.2. The van der Waals surface area contributed by atoms with Gasteiger partial charge in [-0.3, -0.25) is 9.69 Å². The van der Waals surface area contributed by atoms with Gasteiger partial charge < -0.3 is 4.90 Å². The van der Waals surface area contributed by atoms with Gasteiger partial charge in [-0.05, 0) is 86.4 Å². The van der Waals surface area contributed by atoms with E-state index >= 15 is 0 Å². The molecule has 1 fully saturated rings. The lowest BCUT2D eigenvalue weighted by Gasteiger charge is -2.40. The molecular formula is C26H33FN2O. The minimum atomic E-state index is -0.177. The van der Waals surface area contributed by atoms with Crippen LogP contribution >= 0.6 is 0 Å². The molecule has 160 valence electrons. The maximum Gasteiger partial charge on any atom is 0.223 e. The highest BCUT2D eigenvalue weighted by atomic mass is 19.1. The lowest BCUT2D eigenvalue weighted by molar-refractivity contribution is -0.131. The van der Waals surface area contributed by atoms with Gasteiger partial charge in [0.2, 0.25) is 5.91 Å². The van der Waals surface area contributed by atoms with E-state index in [1.165, 1.54) is 16.7 Å². The largest absolute Gasteiger partial charge is 0.343 e. The molecule has 2 aromatic rings. The van der Waals surface area contributed by atoms with Gasteiger partial charge in [-0.2, -0.15) is 0 Å². The highest BCUT2D eigenvalue weighted by molar-refractivity contribution is 5.77. The molecule has 0 radical (unpaired) electrons. The average Bonchev–Trinajstić information content (AvgIpc) is 3.06. The molecule has 1 aliphatic carbocycles. The Hall–Kier alpha value is -2.20. The van der Waals surface area contributed by atoms with E-state index in [1.54, 1.807) is 12.1 Å². The Morgan fingerprint density at radius 1 is 1.07 bits per heavy atom. The maximum absolute atomic E-state index is 13.2. The predicted octanol–water partition coefficient (Wildman–Crippen LogP) is 5.11. The van der Waals surface area contributed by atoms with Gasteiger partial charge in [0.05, 0.1) is 0 Å². The van der Waals surface area contributed by atoms with Crippen LogP contribution in [0.15, 0.2) is 48.5 Å². The van der Waals surface area contributed by atoms with Gasteiger partial charge >= 0.3 is 0 Å². The molecule has 3 nitrogen and oxygen atoms in total. The lowest BCUT2D eigenvalue weighted by atomic mass is 9.73. The number of carbonyl (C=O) groups excluding carboxylic acids is 1. The van der Waals surface area contributed by atoms with Crippen molar-refractivity contribution < 1.29 is 9.18 Å². The number of amides is 1. The molecule has 0 aromatic heterocycles. The van der Waals surface area contributed by atoms with Crippen molar-refractivity contribution in [3.8, 4) is 0 Å². The van der Waals surface area contributed by atoms with E-state index in [4.69, 9.17) is 0 Å². The summed E-state index contributed by atoms with van der Waals surface area (Å²) in [6.45, 7) is 8.65. The summed E-state index contributed by atoms with van der Waals surface area (Å²) in [5.41, 5.74) is 4.24. The lowest BCUT2D eigenvalue weighted by Crippen LogP contribution is -2.41. The van der Waals surface area contributed by atoms with Crippen LogP contribution in [-0.4, -0.2) is 41.9 Å². The molecule has 2 aromatic carbocycles. The van der Waals surface area contributed by atoms with E-state index in [1.807, 2.05) is 17.0 Å². The third kappa shape index (κ3) is 4.15. The van der Waals surface area contributed by atoms with Crippen LogP contribution in [0, 0.1) is 5.82 Å². The van der Waals surface area contributed by atoms with Crippen molar-refractivity contribution >= 4 is 5.91 Å². The quantitative estimate of drug-likeness (QED) is 0.663. The van der Waals surface area contributed by atoms with Crippen molar-refractivity contribution in [1.29, 1.82) is 0 Å². The summed E-state index contributed by atoms with van der Waals surface area (Å²) >= 11 is 0. The summed E-state index contributed by atoms with van der Waals surface area (Å²) in [6.07, 6.45) is 3.96. The van der Waals surface area contributed by atoms with E-state index in [9.17, 15) is 9.18 Å². The van der Waals surface area contributed by atoms with Gasteiger partial charge in [-0.1, -0.05) is 36.4 Å². The smallest absolute Gasteiger partial charge is 0.223 e. The Labute approximate surface area is 179 Å². The number of piperidine rings is 1. The fraction of sp³-hybridized carbons (Fsp3) is 0.500. The van der Waals surface area contributed by atoms with Gasteiger partial charge in [0.1, 0.15) is 5.82 Å². The fourth-order valence-corrected chi connectivity index (χ4v) is 5.59. The second-order valence-corrected chi connectivity index (χ2v) is 8.94.